The van der Waals surface area contributed by atoms with Gasteiger partial charge in [-0.15, -0.1) is 0 Å². The highest BCUT2D eigenvalue weighted by Crippen LogP contribution is 2.36. The molecule has 0 radical (unpaired) electrons. The summed E-state index contributed by atoms with van der Waals surface area (Å²) >= 11 is 20.6. The zero-order valence-electron chi connectivity index (χ0n) is 3.54. The van der Waals surface area contributed by atoms with Crippen molar-refractivity contribution in [3.63, 3.8) is 0 Å². The highest BCUT2D eigenvalue weighted by molar-refractivity contribution is 6.72. The van der Waals surface area contributed by atoms with Gasteiger partial charge in [0.15, 0.2) is 0 Å². The zero-order chi connectivity index (χ0) is 6.78. The molecule has 0 atom stereocenters. The molecule has 0 bridgehead atoms. The second-order valence-corrected chi connectivity index (χ2v) is 3.66. The number of hydrogen-bond donors (Lipinski definition) is 1. The van der Waals surface area contributed by atoms with Crippen molar-refractivity contribution in [3.8, 4) is 0 Å². The summed E-state index contributed by atoms with van der Waals surface area (Å²) in [5, 5.41) is 7.90. The zero-order valence-corrected chi connectivity index (χ0v) is 6.56. The Morgan fingerprint density at radius 2 is 1.75 bits per heavy atom. The van der Waals surface area contributed by atoms with Crippen LogP contribution in [0.15, 0.2) is 11.3 Å². The molecule has 0 aromatic heterocycles. The van der Waals surface area contributed by atoms with E-state index in [1.165, 1.54) is 0 Å². The Bertz CT molecular complexity index is 102. The molecule has 48 valence electrons. The third kappa shape index (κ3) is 2.88. The lowest BCUT2D eigenvalue weighted by Crippen LogP contribution is -2.00. The number of aliphatic hydroxyl groups excluding tert-OH is 1. The van der Waals surface area contributed by atoms with Gasteiger partial charge in [0.05, 0.1) is 6.26 Å². The van der Waals surface area contributed by atoms with E-state index in [1.807, 2.05) is 0 Å². The molecular formula is C3H2Cl4O. The topological polar surface area (TPSA) is 20.2 Å². The summed E-state index contributed by atoms with van der Waals surface area (Å²) in [6.45, 7) is 0. The van der Waals surface area contributed by atoms with Gasteiger partial charge >= 0.3 is 0 Å². The van der Waals surface area contributed by atoms with E-state index >= 15 is 0 Å². The summed E-state index contributed by atoms with van der Waals surface area (Å²) in [5.74, 6) is 0. The van der Waals surface area contributed by atoms with Crippen LogP contribution in [0.1, 0.15) is 0 Å². The third-order valence-electron chi connectivity index (χ3n) is 0.384. The van der Waals surface area contributed by atoms with Crippen LogP contribution in [0.2, 0.25) is 0 Å². The van der Waals surface area contributed by atoms with Crippen molar-refractivity contribution in [1.29, 1.82) is 0 Å². The number of rotatable bonds is 0. The second kappa shape index (κ2) is 3.02. The Morgan fingerprint density at radius 1 is 1.38 bits per heavy atom. The number of aliphatic hydroxyl groups is 1. The van der Waals surface area contributed by atoms with E-state index < -0.39 is 3.79 Å². The molecule has 0 amide bonds. The fourth-order valence-electron chi connectivity index (χ4n) is 0.0732. The fourth-order valence-corrected chi connectivity index (χ4v) is 0.220. The van der Waals surface area contributed by atoms with E-state index in [-0.39, 0.29) is 5.03 Å². The van der Waals surface area contributed by atoms with Crippen molar-refractivity contribution in [1.82, 2.24) is 0 Å². The summed E-state index contributed by atoms with van der Waals surface area (Å²) in [6.07, 6.45) is 0.536. The van der Waals surface area contributed by atoms with Gasteiger partial charge in [0.1, 0.15) is 5.03 Å². The SMILES string of the molecule is OC=C(Cl)C(Cl)(Cl)Cl. The van der Waals surface area contributed by atoms with Gasteiger partial charge < -0.3 is 5.11 Å². The molecule has 0 spiro atoms. The first kappa shape index (κ1) is 8.70. The minimum atomic E-state index is -1.70. The van der Waals surface area contributed by atoms with Gasteiger partial charge in [0, 0.05) is 0 Å². The predicted octanol–water partition coefficient (Wildman–Crippen LogP) is 2.99. The maximum Gasteiger partial charge on any atom is 0.229 e. The van der Waals surface area contributed by atoms with Crippen LogP contribution in [0.3, 0.4) is 0 Å². The number of alkyl halides is 3. The van der Waals surface area contributed by atoms with Crippen molar-refractivity contribution < 1.29 is 5.11 Å². The van der Waals surface area contributed by atoms with Gasteiger partial charge in [-0.1, -0.05) is 46.4 Å². The molecule has 0 aromatic carbocycles. The van der Waals surface area contributed by atoms with Gasteiger partial charge in [0.25, 0.3) is 0 Å². The third-order valence-corrected chi connectivity index (χ3v) is 1.67. The minimum Gasteiger partial charge on any atom is -0.514 e. The maximum absolute atomic E-state index is 8.12. The van der Waals surface area contributed by atoms with Crippen molar-refractivity contribution in [2.75, 3.05) is 0 Å². The molecule has 0 rings (SSSR count). The molecule has 0 saturated heterocycles. The predicted molar refractivity (Wildman–Crippen MR) is 36.9 cm³/mol. The average Bonchev–Trinajstić information content (AvgIpc) is 1.62. The molecule has 0 fully saturated rings. The molecule has 5 heteroatoms. The van der Waals surface area contributed by atoms with E-state index in [0.29, 0.717) is 6.26 Å². The van der Waals surface area contributed by atoms with Crippen LogP contribution in [-0.4, -0.2) is 8.90 Å². The molecule has 1 nitrogen and oxygen atoms in total. The lowest BCUT2D eigenvalue weighted by Gasteiger charge is -2.05. The minimum absolute atomic E-state index is 0.220. The van der Waals surface area contributed by atoms with Crippen molar-refractivity contribution in [3.05, 3.63) is 11.3 Å². The van der Waals surface area contributed by atoms with Gasteiger partial charge in [0.2, 0.25) is 3.79 Å². The Hall–Kier alpha value is 0.700. The van der Waals surface area contributed by atoms with Crippen LogP contribution < -0.4 is 0 Å². The van der Waals surface area contributed by atoms with Crippen LogP contribution in [0.5, 0.6) is 0 Å². The normalized spacial score (nSPS) is 14.2. The quantitative estimate of drug-likeness (QED) is 0.466. The van der Waals surface area contributed by atoms with Gasteiger partial charge in [-0.05, 0) is 0 Å². The monoisotopic (exact) mass is 194 g/mol. The van der Waals surface area contributed by atoms with Crippen LogP contribution >= 0.6 is 46.4 Å². The Kier molecular flexibility index (Phi) is 3.28. The van der Waals surface area contributed by atoms with E-state index in [0.717, 1.165) is 0 Å². The number of allylic oxidation sites excluding steroid dienone is 1. The largest absolute Gasteiger partial charge is 0.514 e. The van der Waals surface area contributed by atoms with Gasteiger partial charge in [-0.25, -0.2) is 0 Å². The molecule has 0 aliphatic heterocycles. The highest BCUT2D eigenvalue weighted by Gasteiger charge is 2.24. The first-order chi connectivity index (χ1) is 3.48. The smallest absolute Gasteiger partial charge is 0.229 e. The Balaban J connectivity index is 4.03. The summed E-state index contributed by atoms with van der Waals surface area (Å²) in [7, 11) is 0. The molecule has 0 aliphatic carbocycles. The molecule has 0 unspecified atom stereocenters. The fraction of sp³-hybridized carbons (Fsp3) is 0.333. The highest BCUT2D eigenvalue weighted by atomic mass is 35.6. The standard InChI is InChI=1S/C3H2Cl4O/c4-2(1-8)3(5,6)7/h1,8H. The molecular weight excluding hydrogens is 194 g/mol. The van der Waals surface area contributed by atoms with E-state index in [4.69, 9.17) is 51.5 Å². The van der Waals surface area contributed by atoms with Crippen molar-refractivity contribution in [2.45, 2.75) is 3.79 Å². The molecule has 8 heavy (non-hydrogen) atoms. The molecule has 0 aromatic rings. The Morgan fingerprint density at radius 3 is 1.75 bits per heavy atom. The number of hydrogen-bond acceptors (Lipinski definition) is 1. The van der Waals surface area contributed by atoms with E-state index in [2.05, 4.69) is 0 Å². The maximum atomic E-state index is 8.12. The second-order valence-electron chi connectivity index (χ2n) is 0.975. The summed E-state index contributed by atoms with van der Waals surface area (Å²) in [6, 6.07) is 0. The first-order valence-electron chi connectivity index (χ1n) is 1.55. The van der Waals surface area contributed by atoms with Gasteiger partial charge in [-0.2, -0.15) is 0 Å². The van der Waals surface area contributed by atoms with Gasteiger partial charge in [-0.3, -0.25) is 0 Å². The molecule has 0 saturated carbocycles. The van der Waals surface area contributed by atoms with Crippen molar-refractivity contribution in [2.24, 2.45) is 0 Å². The number of halogens is 4. The first-order valence-corrected chi connectivity index (χ1v) is 3.06. The van der Waals surface area contributed by atoms with Crippen LogP contribution in [0.25, 0.3) is 0 Å². The van der Waals surface area contributed by atoms with E-state index in [1.54, 1.807) is 0 Å². The van der Waals surface area contributed by atoms with Crippen molar-refractivity contribution >= 4 is 46.4 Å². The van der Waals surface area contributed by atoms with Crippen LogP contribution in [-0.2, 0) is 0 Å². The van der Waals surface area contributed by atoms with Crippen LogP contribution in [0.4, 0.5) is 0 Å². The summed E-state index contributed by atoms with van der Waals surface area (Å²) < 4.78 is -1.70. The molecule has 1 N–H and O–H groups in total. The average molecular weight is 196 g/mol. The summed E-state index contributed by atoms with van der Waals surface area (Å²) in [4.78, 5) is 0. The Labute approximate surface area is 66.8 Å². The lowest BCUT2D eigenvalue weighted by atomic mass is 10.7. The van der Waals surface area contributed by atoms with Crippen LogP contribution in [0, 0.1) is 0 Å². The molecule has 0 aliphatic rings. The molecule has 0 heterocycles. The lowest BCUT2D eigenvalue weighted by molar-refractivity contribution is 0.470. The van der Waals surface area contributed by atoms with E-state index in [9.17, 15) is 0 Å². The summed E-state index contributed by atoms with van der Waals surface area (Å²) in [5.41, 5.74) is 0.